The van der Waals surface area contributed by atoms with Crippen LogP contribution in [0.5, 0.6) is 0 Å². The molecule has 4 aromatic rings. The second kappa shape index (κ2) is 10.5. The fraction of sp³-hybridized carbons (Fsp3) is 0.161. The number of hydrogen-bond acceptors (Lipinski definition) is 5. The van der Waals surface area contributed by atoms with Gasteiger partial charge in [-0.05, 0) is 66.4 Å². The molecular weight excluding hydrogens is 496 g/mol. The summed E-state index contributed by atoms with van der Waals surface area (Å²) >= 11 is 5.91. The maximum atomic E-state index is 13.5. The molecule has 0 radical (unpaired) electrons. The minimum atomic E-state index is -0.615. The van der Waals surface area contributed by atoms with Gasteiger partial charge in [0, 0.05) is 23.7 Å². The molecule has 1 aromatic heterocycles. The van der Waals surface area contributed by atoms with E-state index in [1.165, 1.54) is 0 Å². The molecule has 0 fully saturated rings. The summed E-state index contributed by atoms with van der Waals surface area (Å²) in [6.45, 7) is 3.89. The number of nitrogens with one attached hydrogen (secondary N) is 1. The molecule has 5 rings (SSSR count). The summed E-state index contributed by atoms with van der Waals surface area (Å²) in [6.07, 6.45) is 2.18. The Morgan fingerprint density at radius 1 is 1.05 bits per heavy atom. The number of hydrogen-bond donors (Lipinski definition) is 1. The van der Waals surface area contributed by atoms with Gasteiger partial charge in [0.15, 0.2) is 5.60 Å². The van der Waals surface area contributed by atoms with Gasteiger partial charge in [0.05, 0.1) is 23.4 Å². The first-order valence-electron chi connectivity index (χ1n) is 12.2. The first-order valence-corrected chi connectivity index (χ1v) is 12.6. The molecular formula is C31H25ClN4O2. The predicted molar refractivity (Wildman–Crippen MR) is 148 cm³/mol. The Kier molecular flexibility index (Phi) is 6.95. The zero-order chi connectivity index (χ0) is 26.7. The third-order valence-electron chi connectivity index (χ3n) is 6.73. The molecule has 0 saturated heterocycles. The van der Waals surface area contributed by atoms with E-state index in [1.54, 1.807) is 24.4 Å². The fourth-order valence-corrected chi connectivity index (χ4v) is 4.67. The molecule has 1 N–H and O–H groups in total. The topological polar surface area (TPSA) is 87.4 Å². The predicted octanol–water partition coefficient (Wildman–Crippen LogP) is 6.80. The van der Waals surface area contributed by atoms with Crippen molar-refractivity contribution >= 4 is 23.2 Å². The summed E-state index contributed by atoms with van der Waals surface area (Å²) < 4.78 is 0. The summed E-state index contributed by atoms with van der Waals surface area (Å²) in [4.78, 5) is 23.5. The molecule has 1 aliphatic rings. The van der Waals surface area contributed by atoms with E-state index in [0.29, 0.717) is 22.7 Å². The van der Waals surface area contributed by atoms with E-state index >= 15 is 0 Å². The Balaban J connectivity index is 1.51. The van der Waals surface area contributed by atoms with E-state index in [1.807, 2.05) is 80.6 Å². The second-order valence-electron chi connectivity index (χ2n) is 9.47. The highest BCUT2D eigenvalue weighted by molar-refractivity contribution is 6.29. The minimum absolute atomic E-state index is 0.254. The molecule has 7 heteroatoms. The van der Waals surface area contributed by atoms with Crippen LogP contribution in [-0.2, 0) is 10.4 Å². The van der Waals surface area contributed by atoms with Crippen LogP contribution in [0.4, 0.5) is 0 Å². The van der Waals surface area contributed by atoms with Crippen molar-refractivity contribution in [1.82, 2.24) is 10.3 Å². The Morgan fingerprint density at radius 3 is 2.53 bits per heavy atom. The number of amides is 1. The summed E-state index contributed by atoms with van der Waals surface area (Å²) in [5, 5.41) is 17.6. The van der Waals surface area contributed by atoms with Crippen molar-refractivity contribution in [2.75, 3.05) is 0 Å². The Hall–Kier alpha value is -4.47. The SMILES string of the molecule is CC(NC(=O)c1cc(C2=NOC(C)(c3ccccc3)C2)cc(-c2ccccc2C#N)c1)c1ccc(Cl)nc1. The van der Waals surface area contributed by atoms with Crippen LogP contribution in [0.3, 0.4) is 0 Å². The Morgan fingerprint density at radius 2 is 1.79 bits per heavy atom. The zero-order valence-corrected chi connectivity index (χ0v) is 21.7. The summed E-state index contributed by atoms with van der Waals surface area (Å²) in [5.74, 6) is -0.254. The van der Waals surface area contributed by atoms with Crippen LogP contribution in [0.2, 0.25) is 5.15 Å². The van der Waals surface area contributed by atoms with Gasteiger partial charge in [-0.2, -0.15) is 5.26 Å². The van der Waals surface area contributed by atoms with Crippen LogP contribution >= 0.6 is 11.6 Å². The second-order valence-corrected chi connectivity index (χ2v) is 9.86. The van der Waals surface area contributed by atoms with E-state index in [4.69, 9.17) is 16.4 Å². The van der Waals surface area contributed by atoms with Crippen molar-refractivity contribution in [3.05, 3.63) is 124 Å². The number of carbonyl (C=O) groups is 1. The van der Waals surface area contributed by atoms with E-state index in [2.05, 4.69) is 21.5 Å². The lowest BCUT2D eigenvalue weighted by atomic mass is 9.87. The van der Waals surface area contributed by atoms with E-state index < -0.39 is 5.60 Å². The van der Waals surface area contributed by atoms with E-state index in [9.17, 15) is 10.1 Å². The van der Waals surface area contributed by atoms with Crippen LogP contribution < -0.4 is 5.32 Å². The van der Waals surface area contributed by atoms with Gasteiger partial charge >= 0.3 is 0 Å². The van der Waals surface area contributed by atoms with Crippen molar-refractivity contribution < 1.29 is 9.63 Å². The first kappa shape index (κ1) is 25.2. The normalized spacial score (nSPS) is 17.2. The van der Waals surface area contributed by atoms with Crippen molar-refractivity contribution in [3.63, 3.8) is 0 Å². The lowest BCUT2D eigenvalue weighted by molar-refractivity contribution is -0.00738. The maximum Gasteiger partial charge on any atom is 0.251 e. The van der Waals surface area contributed by atoms with Gasteiger partial charge in [-0.3, -0.25) is 4.79 Å². The highest BCUT2D eigenvalue weighted by Gasteiger charge is 2.36. The lowest BCUT2D eigenvalue weighted by Gasteiger charge is -2.21. The Bertz CT molecular complexity index is 1560. The van der Waals surface area contributed by atoms with Gasteiger partial charge in [-0.1, -0.05) is 71.4 Å². The number of benzene rings is 3. The number of pyridine rings is 1. The summed E-state index contributed by atoms with van der Waals surface area (Å²) in [6, 6.07) is 28.3. The minimum Gasteiger partial charge on any atom is -0.384 e. The summed E-state index contributed by atoms with van der Waals surface area (Å²) in [5.41, 5.74) is 5.21. The molecule has 38 heavy (non-hydrogen) atoms. The van der Waals surface area contributed by atoms with Crippen LogP contribution in [0.15, 0.2) is 96.3 Å². The number of rotatable bonds is 6. The average molecular weight is 521 g/mol. The monoisotopic (exact) mass is 520 g/mol. The standard InChI is InChI=1S/C31H25ClN4O2/c1-20(22-12-13-29(32)34-19-22)35-30(37)25-15-23(27-11-7-6-8-21(27)18-33)14-24(16-25)28-17-31(2,38-36-28)26-9-4-3-5-10-26/h3-16,19-20H,17H2,1-2H3,(H,35,37). The lowest BCUT2D eigenvalue weighted by Crippen LogP contribution is -2.27. The molecule has 0 saturated carbocycles. The molecule has 2 unspecified atom stereocenters. The number of oxime groups is 1. The highest BCUT2D eigenvalue weighted by Crippen LogP contribution is 2.37. The number of nitriles is 1. The number of halogens is 1. The molecule has 2 heterocycles. The quantitative estimate of drug-likeness (QED) is 0.283. The van der Waals surface area contributed by atoms with Crippen molar-refractivity contribution in [3.8, 4) is 17.2 Å². The molecule has 6 nitrogen and oxygen atoms in total. The van der Waals surface area contributed by atoms with Gasteiger partial charge in [-0.25, -0.2) is 4.98 Å². The van der Waals surface area contributed by atoms with E-state index in [-0.39, 0.29) is 11.9 Å². The molecule has 1 aliphatic heterocycles. The van der Waals surface area contributed by atoms with Crippen LogP contribution in [0.1, 0.15) is 58.9 Å². The van der Waals surface area contributed by atoms with Gasteiger partial charge in [0.1, 0.15) is 5.15 Å². The van der Waals surface area contributed by atoms with Crippen molar-refractivity contribution in [2.24, 2.45) is 5.16 Å². The molecule has 0 aliphatic carbocycles. The third-order valence-corrected chi connectivity index (χ3v) is 6.95. The smallest absolute Gasteiger partial charge is 0.251 e. The summed E-state index contributed by atoms with van der Waals surface area (Å²) in [7, 11) is 0. The van der Waals surface area contributed by atoms with Gasteiger partial charge < -0.3 is 10.2 Å². The first-order chi connectivity index (χ1) is 18.4. The van der Waals surface area contributed by atoms with Crippen LogP contribution in [0, 0.1) is 11.3 Å². The van der Waals surface area contributed by atoms with Crippen LogP contribution in [0.25, 0.3) is 11.1 Å². The van der Waals surface area contributed by atoms with Crippen LogP contribution in [-0.4, -0.2) is 16.6 Å². The van der Waals surface area contributed by atoms with Gasteiger partial charge in [-0.15, -0.1) is 0 Å². The zero-order valence-electron chi connectivity index (χ0n) is 21.0. The molecule has 0 spiro atoms. The third kappa shape index (κ3) is 5.15. The molecule has 1 amide bonds. The molecule has 0 bridgehead atoms. The average Bonchev–Trinajstić information content (AvgIpc) is 3.37. The number of aromatic nitrogens is 1. The van der Waals surface area contributed by atoms with Gasteiger partial charge in [0.25, 0.3) is 5.91 Å². The van der Waals surface area contributed by atoms with Gasteiger partial charge in [0.2, 0.25) is 0 Å². The molecule has 188 valence electrons. The number of nitrogens with zero attached hydrogens (tertiary/aromatic N) is 3. The fourth-order valence-electron chi connectivity index (χ4n) is 4.56. The molecule has 3 aromatic carbocycles. The largest absolute Gasteiger partial charge is 0.384 e. The maximum absolute atomic E-state index is 13.5. The van der Waals surface area contributed by atoms with E-state index in [0.717, 1.165) is 33.5 Å². The van der Waals surface area contributed by atoms with Crippen molar-refractivity contribution in [2.45, 2.75) is 31.9 Å². The van der Waals surface area contributed by atoms with Crippen molar-refractivity contribution in [1.29, 1.82) is 5.26 Å². The number of carbonyl (C=O) groups excluding carboxylic acids is 1. The highest BCUT2D eigenvalue weighted by atomic mass is 35.5. The molecule has 2 atom stereocenters. The Labute approximate surface area is 226 Å².